The lowest BCUT2D eigenvalue weighted by molar-refractivity contribution is -0.140. The van der Waals surface area contributed by atoms with E-state index in [1.807, 2.05) is 31.2 Å². The average Bonchev–Trinajstić information content (AvgIpc) is 2.62. The van der Waals surface area contributed by atoms with Crippen LogP contribution in [0.5, 0.6) is 5.75 Å². The fourth-order valence-electron chi connectivity index (χ4n) is 3.29. The minimum atomic E-state index is -0.886. The number of rotatable bonds is 8. The van der Waals surface area contributed by atoms with Gasteiger partial charge in [0.2, 0.25) is 5.91 Å². The summed E-state index contributed by atoms with van der Waals surface area (Å²) in [6, 6.07) is 7.74. The Morgan fingerprint density at radius 2 is 2.00 bits per heavy atom. The maximum absolute atomic E-state index is 12.9. The summed E-state index contributed by atoms with van der Waals surface area (Å²) in [7, 11) is 1.62. The highest BCUT2D eigenvalue weighted by molar-refractivity contribution is 5.78. The fraction of sp³-hybridized carbons (Fsp3) is 0.579. The zero-order valence-electron chi connectivity index (χ0n) is 14.9. The molecule has 0 saturated carbocycles. The summed E-state index contributed by atoms with van der Waals surface area (Å²) < 4.78 is 10.7. The molecule has 1 amide bonds. The lowest BCUT2D eigenvalue weighted by Crippen LogP contribution is -2.44. The third-order valence-corrected chi connectivity index (χ3v) is 4.67. The molecule has 0 aromatic heterocycles. The van der Waals surface area contributed by atoms with E-state index in [-0.39, 0.29) is 30.8 Å². The van der Waals surface area contributed by atoms with Gasteiger partial charge in [0, 0.05) is 32.2 Å². The summed E-state index contributed by atoms with van der Waals surface area (Å²) in [6.07, 6.45) is 1.81. The molecule has 6 nitrogen and oxygen atoms in total. The first kappa shape index (κ1) is 19.2. The van der Waals surface area contributed by atoms with Gasteiger partial charge in [-0.05, 0) is 30.4 Å². The van der Waals surface area contributed by atoms with Crippen molar-refractivity contribution in [3.63, 3.8) is 0 Å². The third kappa shape index (κ3) is 5.46. The minimum absolute atomic E-state index is 0.00387. The molecule has 0 unspecified atom stereocenters. The first-order valence-corrected chi connectivity index (χ1v) is 8.74. The third-order valence-electron chi connectivity index (χ3n) is 4.67. The van der Waals surface area contributed by atoms with Crippen LogP contribution in [0.1, 0.15) is 44.1 Å². The molecular weight excluding hydrogens is 322 g/mol. The van der Waals surface area contributed by atoms with Crippen LogP contribution in [-0.4, -0.2) is 54.8 Å². The van der Waals surface area contributed by atoms with Crippen molar-refractivity contribution >= 4 is 11.9 Å². The molecule has 0 radical (unpaired) electrons. The van der Waals surface area contributed by atoms with Crippen molar-refractivity contribution in [3.05, 3.63) is 29.8 Å². The SMILES string of the molecule is COc1ccccc1[C@H](C)CC(=O)N(CCC(=O)O)C1CCOCC1. The van der Waals surface area contributed by atoms with E-state index in [2.05, 4.69) is 0 Å². The van der Waals surface area contributed by atoms with Gasteiger partial charge in [-0.15, -0.1) is 0 Å². The number of amides is 1. The first-order chi connectivity index (χ1) is 12.0. The number of nitrogens with zero attached hydrogens (tertiary/aromatic N) is 1. The van der Waals surface area contributed by atoms with Gasteiger partial charge in [0.1, 0.15) is 5.75 Å². The van der Waals surface area contributed by atoms with E-state index >= 15 is 0 Å². The van der Waals surface area contributed by atoms with E-state index in [1.54, 1.807) is 12.0 Å². The van der Waals surface area contributed by atoms with Gasteiger partial charge in [-0.3, -0.25) is 9.59 Å². The zero-order valence-corrected chi connectivity index (χ0v) is 14.9. The second kappa shape index (κ2) is 9.42. The first-order valence-electron chi connectivity index (χ1n) is 8.74. The number of hydrogen-bond donors (Lipinski definition) is 1. The number of carboxylic acids is 1. The Balaban J connectivity index is 2.07. The normalized spacial score (nSPS) is 16.2. The number of para-hydroxylation sites is 1. The molecule has 2 rings (SSSR count). The van der Waals surface area contributed by atoms with E-state index in [9.17, 15) is 9.59 Å². The van der Waals surface area contributed by atoms with Crippen LogP contribution in [0.4, 0.5) is 0 Å². The van der Waals surface area contributed by atoms with Crippen LogP contribution in [0.25, 0.3) is 0 Å². The highest BCUT2D eigenvalue weighted by atomic mass is 16.5. The molecule has 1 aromatic carbocycles. The van der Waals surface area contributed by atoms with Crippen LogP contribution in [0.15, 0.2) is 24.3 Å². The number of benzene rings is 1. The molecule has 1 saturated heterocycles. The Labute approximate surface area is 148 Å². The van der Waals surface area contributed by atoms with E-state index in [0.717, 1.165) is 24.2 Å². The topological polar surface area (TPSA) is 76.1 Å². The molecule has 138 valence electrons. The van der Waals surface area contributed by atoms with Crippen molar-refractivity contribution in [2.75, 3.05) is 26.9 Å². The van der Waals surface area contributed by atoms with Gasteiger partial charge in [-0.1, -0.05) is 25.1 Å². The molecule has 1 N–H and O–H groups in total. The van der Waals surface area contributed by atoms with Crippen LogP contribution in [-0.2, 0) is 14.3 Å². The molecule has 0 spiro atoms. The molecule has 1 aromatic rings. The Morgan fingerprint density at radius 3 is 2.64 bits per heavy atom. The summed E-state index contributed by atoms with van der Waals surface area (Å²) in [5.41, 5.74) is 0.989. The molecule has 1 atom stereocenters. The van der Waals surface area contributed by atoms with Gasteiger partial charge in [0.15, 0.2) is 0 Å². The van der Waals surface area contributed by atoms with Crippen molar-refractivity contribution in [1.82, 2.24) is 4.90 Å². The molecule has 1 heterocycles. The second-order valence-electron chi connectivity index (χ2n) is 6.42. The largest absolute Gasteiger partial charge is 0.496 e. The average molecular weight is 349 g/mol. The summed E-state index contributed by atoms with van der Waals surface area (Å²) in [4.78, 5) is 25.6. The molecule has 0 bridgehead atoms. The van der Waals surface area contributed by atoms with E-state index < -0.39 is 5.97 Å². The van der Waals surface area contributed by atoms with E-state index in [0.29, 0.717) is 19.6 Å². The molecule has 6 heteroatoms. The van der Waals surface area contributed by atoms with Gasteiger partial charge in [0.25, 0.3) is 0 Å². The fourth-order valence-corrected chi connectivity index (χ4v) is 3.29. The zero-order chi connectivity index (χ0) is 18.2. The number of carbonyl (C=O) groups excluding carboxylic acids is 1. The predicted octanol–water partition coefficient (Wildman–Crippen LogP) is 2.67. The van der Waals surface area contributed by atoms with Crippen molar-refractivity contribution in [1.29, 1.82) is 0 Å². The van der Waals surface area contributed by atoms with Gasteiger partial charge < -0.3 is 19.5 Å². The van der Waals surface area contributed by atoms with Crippen LogP contribution < -0.4 is 4.74 Å². The Morgan fingerprint density at radius 1 is 1.32 bits per heavy atom. The number of carbonyl (C=O) groups is 2. The second-order valence-corrected chi connectivity index (χ2v) is 6.42. The van der Waals surface area contributed by atoms with Crippen LogP contribution >= 0.6 is 0 Å². The standard InChI is InChI=1S/C19H27NO5/c1-14(16-5-3-4-6-17(16)24-2)13-18(21)20(10-7-19(22)23)15-8-11-25-12-9-15/h3-6,14-15H,7-13H2,1-2H3,(H,22,23)/t14-/m1/s1. The Bertz CT molecular complexity index is 583. The Hall–Kier alpha value is -2.08. The number of carboxylic acid groups (broad SMARTS) is 1. The summed E-state index contributed by atoms with van der Waals surface area (Å²) in [5.74, 6) is -0.129. The molecule has 1 fully saturated rings. The molecule has 1 aliphatic rings. The van der Waals surface area contributed by atoms with Crippen LogP contribution in [0, 0.1) is 0 Å². The molecule has 25 heavy (non-hydrogen) atoms. The maximum Gasteiger partial charge on any atom is 0.305 e. The highest BCUT2D eigenvalue weighted by Gasteiger charge is 2.27. The smallest absolute Gasteiger partial charge is 0.305 e. The predicted molar refractivity (Wildman–Crippen MR) is 93.8 cm³/mol. The number of hydrogen-bond acceptors (Lipinski definition) is 4. The molecule has 1 aliphatic heterocycles. The molecule has 0 aliphatic carbocycles. The maximum atomic E-state index is 12.9. The van der Waals surface area contributed by atoms with Crippen LogP contribution in [0.3, 0.4) is 0 Å². The van der Waals surface area contributed by atoms with Gasteiger partial charge in [-0.2, -0.15) is 0 Å². The lowest BCUT2D eigenvalue weighted by Gasteiger charge is -2.35. The van der Waals surface area contributed by atoms with Crippen molar-refractivity contribution in [2.45, 2.75) is 44.6 Å². The summed E-state index contributed by atoms with van der Waals surface area (Å²) >= 11 is 0. The molecular formula is C19H27NO5. The minimum Gasteiger partial charge on any atom is -0.496 e. The number of ether oxygens (including phenoxy) is 2. The van der Waals surface area contributed by atoms with Gasteiger partial charge in [0.05, 0.1) is 13.5 Å². The van der Waals surface area contributed by atoms with Crippen molar-refractivity contribution in [3.8, 4) is 5.75 Å². The monoisotopic (exact) mass is 349 g/mol. The number of aliphatic carboxylic acids is 1. The summed E-state index contributed by atoms with van der Waals surface area (Å²) in [6.45, 7) is 3.47. The highest BCUT2D eigenvalue weighted by Crippen LogP contribution is 2.29. The van der Waals surface area contributed by atoms with Crippen molar-refractivity contribution in [2.24, 2.45) is 0 Å². The van der Waals surface area contributed by atoms with Gasteiger partial charge in [-0.25, -0.2) is 0 Å². The quantitative estimate of drug-likeness (QED) is 0.781. The van der Waals surface area contributed by atoms with Crippen molar-refractivity contribution < 1.29 is 24.2 Å². The van der Waals surface area contributed by atoms with E-state index in [4.69, 9.17) is 14.6 Å². The van der Waals surface area contributed by atoms with E-state index in [1.165, 1.54) is 0 Å². The summed E-state index contributed by atoms with van der Waals surface area (Å²) in [5, 5.41) is 8.99. The Kier molecular flexibility index (Phi) is 7.25. The van der Waals surface area contributed by atoms with Crippen LogP contribution in [0.2, 0.25) is 0 Å². The lowest BCUT2D eigenvalue weighted by atomic mass is 9.95. The van der Waals surface area contributed by atoms with Gasteiger partial charge >= 0.3 is 5.97 Å². The number of methoxy groups -OCH3 is 1.